The second kappa shape index (κ2) is 4.58. The van der Waals surface area contributed by atoms with E-state index in [-0.39, 0.29) is 6.61 Å². The van der Waals surface area contributed by atoms with Gasteiger partial charge in [-0.2, -0.15) is 0 Å². The Morgan fingerprint density at radius 1 is 1.06 bits per heavy atom. The van der Waals surface area contributed by atoms with Gasteiger partial charge in [-0.05, 0) is 17.5 Å². The lowest BCUT2D eigenvalue weighted by Gasteiger charge is -2.07. The van der Waals surface area contributed by atoms with Gasteiger partial charge in [-0.1, -0.05) is 18.2 Å². The maximum absolute atomic E-state index is 9.40. The van der Waals surface area contributed by atoms with Crippen LogP contribution in [0.25, 0.3) is 10.9 Å². The number of aliphatic hydroxyl groups is 1. The van der Waals surface area contributed by atoms with Gasteiger partial charge in [-0.25, -0.2) is 9.97 Å². The summed E-state index contributed by atoms with van der Waals surface area (Å²) in [6.07, 6.45) is 5.47. The fourth-order valence-corrected chi connectivity index (χ4v) is 2.16. The second-order valence-corrected chi connectivity index (χ2v) is 4.12. The van der Waals surface area contributed by atoms with Crippen LogP contribution < -0.4 is 0 Å². The normalized spacial score (nSPS) is 10.9. The predicted octanol–water partition coefficient (Wildman–Crippen LogP) is 1.97. The monoisotopic (exact) mass is 239 g/mol. The zero-order valence-electron chi connectivity index (χ0n) is 9.82. The molecule has 90 valence electrons. The number of fused-ring (bicyclic) bond motifs is 1. The summed E-state index contributed by atoms with van der Waals surface area (Å²) in [6, 6.07) is 9.77. The van der Waals surface area contributed by atoms with Crippen molar-refractivity contribution in [3.8, 4) is 0 Å². The van der Waals surface area contributed by atoms with Crippen molar-refractivity contribution in [2.75, 3.05) is 0 Å². The molecule has 0 unspecified atom stereocenters. The second-order valence-electron chi connectivity index (χ2n) is 4.12. The molecule has 1 N–H and O–H groups in total. The highest BCUT2D eigenvalue weighted by Crippen LogP contribution is 2.20. The van der Waals surface area contributed by atoms with E-state index in [1.54, 1.807) is 18.5 Å². The van der Waals surface area contributed by atoms with Gasteiger partial charge >= 0.3 is 0 Å². The van der Waals surface area contributed by atoms with Crippen LogP contribution in [0.5, 0.6) is 0 Å². The van der Waals surface area contributed by atoms with Crippen LogP contribution in [0.2, 0.25) is 0 Å². The van der Waals surface area contributed by atoms with Crippen LogP contribution in [0, 0.1) is 0 Å². The molecule has 0 saturated carbocycles. The van der Waals surface area contributed by atoms with E-state index < -0.39 is 0 Å². The van der Waals surface area contributed by atoms with Crippen molar-refractivity contribution in [2.24, 2.45) is 0 Å². The fraction of sp³-hybridized carbons (Fsp3) is 0.143. The number of nitrogens with zero attached hydrogens (tertiary/aromatic N) is 3. The minimum Gasteiger partial charge on any atom is -0.392 e. The summed E-state index contributed by atoms with van der Waals surface area (Å²) in [6.45, 7) is 0.651. The van der Waals surface area contributed by atoms with E-state index in [4.69, 9.17) is 0 Å². The molecule has 3 aromatic rings. The third kappa shape index (κ3) is 1.87. The van der Waals surface area contributed by atoms with Gasteiger partial charge in [0.05, 0.1) is 18.7 Å². The van der Waals surface area contributed by atoms with Crippen LogP contribution in [-0.4, -0.2) is 19.6 Å². The molecule has 2 aromatic heterocycles. The third-order valence-corrected chi connectivity index (χ3v) is 2.97. The first kappa shape index (κ1) is 10.9. The highest BCUT2D eigenvalue weighted by atomic mass is 16.3. The van der Waals surface area contributed by atoms with Crippen LogP contribution in [0.3, 0.4) is 0 Å². The summed E-state index contributed by atoms with van der Waals surface area (Å²) in [5, 5.41) is 10.5. The molecule has 0 amide bonds. The lowest BCUT2D eigenvalue weighted by molar-refractivity contribution is 0.283. The number of rotatable bonds is 3. The fourth-order valence-electron chi connectivity index (χ4n) is 2.16. The Morgan fingerprint density at radius 3 is 2.67 bits per heavy atom. The SMILES string of the molecule is OCc1cccc2ccn(Cc3ncccn3)c12. The van der Waals surface area contributed by atoms with Gasteiger partial charge in [0.2, 0.25) is 0 Å². The Labute approximate surface area is 105 Å². The van der Waals surface area contributed by atoms with Gasteiger partial charge in [-0.15, -0.1) is 0 Å². The number of aromatic nitrogens is 3. The summed E-state index contributed by atoms with van der Waals surface area (Å²) in [5.74, 6) is 0.766. The van der Waals surface area contributed by atoms with E-state index in [1.807, 2.05) is 30.5 Å². The van der Waals surface area contributed by atoms with Gasteiger partial charge in [0, 0.05) is 24.2 Å². The van der Waals surface area contributed by atoms with E-state index in [2.05, 4.69) is 14.5 Å². The third-order valence-electron chi connectivity index (χ3n) is 2.97. The minimum atomic E-state index is 0.0387. The van der Waals surface area contributed by atoms with Gasteiger partial charge in [0.1, 0.15) is 5.82 Å². The molecule has 0 aliphatic rings. The first-order valence-electron chi connectivity index (χ1n) is 5.82. The lowest BCUT2D eigenvalue weighted by Crippen LogP contribution is -2.03. The topological polar surface area (TPSA) is 50.9 Å². The van der Waals surface area contributed by atoms with Crippen molar-refractivity contribution in [3.63, 3.8) is 0 Å². The Morgan fingerprint density at radius 2 is 1.89 bits per heavy atom. The summed E-state index contributed by atoms with van der Waals surface area (Å²) in [5.41, 5.74) is 1.97. The standard InChI is InChI=1S/C14H13N3O/c18-10-12-4-1-3-11-5-8-17(14(11)12)9-13-15-6-2-7-16-13/h1-8,18H,9-10H2. The summed E-state index contributed by atoms with van der Waals surface area (Å²) in [4.78, 5) is 8.44. The van der Waals surface area contributed by atoms with Crippen LogP contribution >= 0.6 is 0 Å². The number of benzene rings is 1. The van der Waals surface area contributed by atoms with Gasteiger partial charge < -0.3 is 9.67 Å². The average molecular weight is 239 g/mol. The molecule has 0 spiro atoms. The maximum atomic E-state index is 9.40. The molecular formula is C14H13N3O. The molecule has 0 saturated heterocycles. The zero-order chi connectivity index (χ0) is 12.4. The number of hydrogen-bond donors (Lipinski definition) is 1. The predicted molar refractivity (Wildman–Crippen MR) is 69.0 cm³/mol. The van der Waals surface area contributed by atoms with Gasteiger partial charge in [0.15, 0.2) is 0 Å². The van der Waals surface area contributed by atoms with Gasteiger partial charge in [-0.3, -0.25) is 0 Å². The first-order valence-corrected chi connectivity index (χ1v) is 5.82. The maximum Gasteiger partial charge on any atom is 0.147 e. The molecule has 3 rings (SSSR count). The Hall–Kier alpha value is -2.20. The number of para-hydroxylation sites is 1. The molecule has 0 radical (unpaired) electrons. The van der Waals surface area contributed by atoms with E-state index in [0.29, 0.717) is 6.54 Å². The molecule has 0 bridgehead atoms. The van der Waals surface area contributed by atoms with Crippen LogP contribution in [0.1, 0.15) is 11.4 Å². The highest BCUT2D eigenvalue weighted by molar-refractivity contribution is 5.83. The first-order chi connectivity index (χ1) is 8.88. The quantitative estimate of drug-likeness (QED) is 0.760. The Bertz CT molecular complexity index is 661. The highest BCUT2D eigenvalue weighted by Gasteiger charge is 2.07. The lowest BCUT2D eigenvalue weighted by atomic mass is 10.1. The van der Waals surface area contributed by atoms with Gasteiger partial charge in [0.25, 0.3) is 0 Å². The Kier molecular flexibility index (Phi) is 2.78. The van der Waals surface area contributed by atoms with Crippen molar-refractivity contribution < 1.29 is 5.11 Å². The smallest absolute Gasteiger partial charge is 0.147 e. The van der Waals surface area contributed by atoms with Crippen molar-refractivity contribution in [1.82, 2.24) is 14.5 Å². The molecule has 0 aliphatic heterocycles. The van der Waals surface area contributed by atoms with Crippen molar-refractivity contribution in [2.45, 2.75) is 13.2 Å². The molecule has 0 atom stereocenters. The van der Waals surface area contributed by atoms with E-state index in [9.17, 15) is 5.11 Å². The number of aliphatic hydroxyl groups excluding tert-OH is 1. The summed E-state index contributed by atoms with van der Waals surface area (Å²) >= 11 is 0. The van der Waals surface area contributed by atoms with E-state index in [0.717, 1.165) is 22.3 Å². The molecule has 2 heterocycles. The van der Waals surface area contributed by atoms with Crippen LogP contribution in [0.15, 0.2) is 48.9 Å². The van der Waals surface area contributed by atoms with E-state index >= 15 is 0 Å². The zero-order valence-corrected chi connectivity index (χ0v) is 9.82. The summed E-state index contributed by atoms with van der Waals surface area (Å²) in [7, 11) is 0. The van der Waals surface area contributed by atoms with Crippen LogP contribution in [0.4, 0.5) is 0 Å². The van der Waals surface area contributed by atoms with Crippen molar-refractivity contribution in [3.05, 3.63) is 60.3 Å². The van der Waals surface area contributed by atoms with Crippen LogP contribution in [-0.2, 0) is 13.2 Å². The molecule has 0 fully saturated rings. The van der Waals surface area contributed by atoms with Crippen molar-refractivity contribution >= 4 is 10.9 Å². The molecular weight excluding hydrogens is 226 g/mol. The molecule has 1 aromatic carbocycles. The number of hydrogen-bond acceptors (Lipinski definition) is 3. The largest absolute Gasteiger partial charge is 0.392 e. The molecule has 4 nitrogen and oxygen atoms in total. The summed E-state index contributed by atoms with van der Waals surface area (Å²) < 4.78 is 2.07. The molecule has 0 aliphatic carbocycles. The average Bonchev–Trinajstić information content (AvgIpc) is 2.83. The van der Waals surface area contributed by atoms with E-state index in [1.165, 1.54) is 0 Å². The Balaban J connectivity index is 2.07. The molecule has 18 heavy (non-hydrogen) atoms. The molecule has 4 heteroatoms. The van der Waals surface area contributed by atoms with Crippen molar-refractivity contribution in [1.29, 1.82) is 0 Å². The minimum absolute atomic E-state index is 0.0387.